The molecule has 1 saturated heterocycles. The number of anilines is 1. The third kappa shape index (κ3) is 3.26. The molecule has 1 N–H and O–H groups in total. The summed E-state index contributed by atoms with van der Waals surface area (Å²) in [6.07, 6.45) is 1.32. The zero-order chi connectivity index (χ0) is 22.5. The standard InChI is InChI=1S/C20H19N5O5S2/c1-30-13-4-6-14(7-5-13)32(28,29)19-18-21-17(24-9-2-3-12(11-24)20(26)27)16-15(8-10-31-16)25(18)23-22-19/h4-8,10,12H,2-3,9,11H2,1H3,(H,26,27). The van der Waals surface area contributed by atoms with E-state index in [2.05, 4.69) is 15.3 Å². The number of ether oxygens (including phenoxy) is 1. The van der Waals surface area contributed by atoms with Crippen LogP contribution in [0.2, 0.25) is 0 Å². The van der Waals surface area contributed by atoms with Crippen LogP contribution in [0.25, 0.3) is 15.9 Å². The van der Waals surface area contributed by atoms with Gasteiger partial charge in [-0.3, -0.25) is 4.79 Å². The molecule has 0 bridgehead atoms. The monoisotopic (exact) mass is 473 g/mol. The number of hydrogen-bond acceptors (Lipinski definition) is 9. The predicted molar refractivity (Wildman–Crippen MR) is 117 cm³/mol. The molecule has 4 heterocycles. The van der Waals surface area contributed by atoms with Gasteiger partial charge in [0, 0.05) is 13.1 Å². The molecule has 1 aliphatic rings. The van der Waals surface area contributed by atoms with E-state index in [1.54, 1.807) is 12.1 Å². The van der Waals surface area contributed by atoms with E-state index < -0.39 is 21.7 Å². The number of aliphatic carboxylic acids is 1. The smallest absolute Gasteiger partial charge is 0.308 e. The van der Waals surface area contributed by atoms with Crippen LogP contribution in [0.4, 0.5) is 5.82 Å². The molecule has 1 aliphatic heterocycles. The first-order chi connectivity index (χ1) is 15.4. The van der Waals surface area contributed by atoms with Crippen molar-refractivity contribution in [3.05, 3.63) is 35.7 Å². The average Bonchev–Trinajstić information content (AvgIpc) is 3.46. The van der Waals surface area contributed by atoms with Crippen molar-refractivity contribution in [2.45, 2.75) is 22.8 Å². The number of carbonyl (C=O) groups is 1. The van der Waals surface area contributed by atoms with Gasteiger partial charge in [0.25, 0.3) is 0 Å². The molecule has 32 heavy (non-hydrogen) atoms. The first-order valence-electron chi connectivity index (χ1n) is 9.89. The van der Waals surface area contributed by atoms with Crippen molar-refractivity contribution in [1.29, 1.82) is 0 Å². The van der Waals surface area contributed by atoms with Gasteiger partial charge in [-0.1, -0.05) is 5.21 Å². The molecule has 1 unspecified atom stereocenters. The fraction of sp³-hybridized carbons (Fsp3) is 0.300. The Morgan fingerprint density at radius 2 is 2.03 bits per heavy atom. The lowest BCUT2D eigenvalue weighted by molar-refractivity contribution is -0.141. The number of hydrogen-bond donors (Lipinski definition) is 1. The predicted octanol–water partition coefficient (Wildman–Crippen LogP) is 2.48. The minimum absolute atomic E-state index is 0.0541. The van der Waals surface area contributed by atoms with E-state index in [1.807, 2.05) is 16.3 Å². The highest BCUT2D eigenvalue weighted by atomic mass is 32.2. The molecule has 12 heteroatoms. The second-order valence-electron chi connectivity index (χ2n) is 7.50. The van der Waals surface area contributed by atoms with E-state index in [4.69, 9.17) is 4.74 Å². The number of thiophene rings is 1. The summed E-state index contributed by atoms with van der Waals surface area (Å²) in [5.74, 6) is -0.244. The fourth-order valence-corrected chi connectivity index (χ4v) is 6.06. The van der Waals surface area contributed by atoms with Gasteiger partial charge >= 0.3 is 5.97 Å². The minimum Gasteiger partial charge on any atom is -0.497 e. The van der Waals surface area contributed by atoms with Crippen LogP contribution in [0.15, 0.2) is 45.6 Å². The first-order valence-corrected chi connectivity index (χ1v) is 12.3. The van der Waals surface area contributed by atoms with Gasteiger partial charge in [-0.15, -0.1) is 16.4 Å². The third-order valence-electron chi connectivity index (χ3n) is 5.60. The summed E-state index contributed by atoms with van der Waals surface area (Å²) in [5.41, 5.74) is 0.787. The van der Waals surface area contributed by atoms with Crippen molar-refractivity contribution >= 4 is 48.8 Å². The van der Waals surface area contributed by atoms with Gasteiger partial charge in [0.05, 0.1) is 28.1 Å². The SMILES string of the molecule is COc1ccc(S(=O)(=O)c2nnn3c2nc(N2CCCC(C(=O)O)C2)c2sccc23)cc1. The van der Waals surface area contributed by atoms with Crippen molar-refractivity contribution in [1.82, 2.24) is 19.8 Å². The van der Waals surface area contributed by atoms with Gasteiger partial charge in [-0.25, -0.2) is 13.4 Å². The molecule has 4 aromatic rings. The maximum absolute atomic E-state index is 13.3. The molecule has 0 radical (unpaired) electrons. The number of piperidine rings is 1. The highest BCUT2D eigenvalue weighted by molar-refractivity contribution is 7.91. The summed E-state index contributed by atoms with van der Waals surface area (Å²) in [4.78, 5) is 18.2. The van der Waals surface area contributed by atoms with Crippen molar-refractivity contribution in [3.63, 3.8) is 0 Å². The van der Waals surface area contributed by atoms with Crippen LogP contribution < -0.4 is 9.64 Å². The lowest BCUT2D eigenvalue weighted by atomic mass is 9.98. The normalized spacial score (nSPS) is 17.2. The van der Waals surface area contributed by atoms with Gasteiger partial charge in [0.15, 0.2) is 11.5 Å². The van der Waals surface area contributed by atoms with Gasteiger partial charge < -0.3 is 14.7 Å². The number of methoxy groups -OCH3 is 1. The Kier molecular flexibility index (Phi) is 4.97. The lowest BCUT2D eigenvalue weighted by Gasteiger charge is -2.31. The molecule has 1 atom stereocenters. The van der Waals surface area contributed by atoms with E-state index in [-0.39, 0.29) is 15.6 Å². The van der Waals surface area contributed by atoms with Crippen LogP contribution in [0.3, 0.4) is 0 Å². The van der Waals surface area contributed by atoms with Crippen LogP contribution in [0.5, 0.6) is 5.75 Å². The molecular weight excluding hydrogens is 454 g/mol. The number of fused-ring (bicyclic) bond motifs is 3. The quantitative estimate of drug-likeness (QED) is 0.465. The lowest BCUT2D eigenvalue weighted by Crippen LogP contribution is -2.39. The molecule has 0 spiro atoms. The van der Waals surface area contributed by atoms with Crippen molar-refractivity contribution in [2.75, 3.05) is 25.1 Å². The largest absolute Gasteiger partial charge is 0.497 e. The molecule has 0 saturated carbocycles. The van der Waals surface area contributed by atoms with Crippen LogP contribution >= 0.6 is 11.3 Å². The Bertz CT molecular complexity index is 1430. The zero-order valence-electron chi connectivity index (χ0n) is 17.0. The zero-order valence-corrected chi connectivity index (χ0v) is 18.6. The van der Waals surface area contributed by atoms with Gasteiger partial charge in [-0.05, 0) is 48.6 Å². The number of aromatic nitrogens is 4. The molecule has 166 valence electrons. The molecular formula is C20H19N5O5S2. The summed E-state index contributed by atoms with van der Waals surface area (Å²) in [7, 11) is -2.49. The Morgan fingerprint density at radius 3 is 2.75 bits per heavy atom. The molecule has 0 aliphatic carbocycles. The first kappa shape index (κ1) is 20.6. The highest BCUT2D eigenvalue weighted by Crippen LogP contribution is 2.35. The summed E-state index contributed by atoms with van der Waals surface area (Å²) < 4.78 is 34.0. The molecule has 3 aromatic heterocycles. The summed E-state index contributed by atoms with van der Waals surface area (Å²) in [5, 5.41) is 19.1. The molecule has 10 nitrogen and oxygen atoms in total. The summed E-state index contributed by atoms with van der Waals surface area (Å²) >= 11 is 1.45. The van der Waals surface area contributed by atoms with E-state index in [9.17, 15) is 18.3 Å². The van der Waals surface area contributed by atoms with E-state index in [1.165, 1.54) is 35.1 Å². The van der Waals surface area contributed by atoms with E-state index in [0.29, 0.717) is 43.0 Å². The Morgan fingerprint density at radius 1 is 1.25 bits per heavy atom. The fourth-order valence-electron chi connectivity index (χ4n) is 3.93. The average molecular weight is 474 g/mol. The Labute approximate surface area is 187 Å². The molecule has 0 amide bonds. The topological polar surface area (TPSA) is 127 Å². The summed E-state index contributed by atoms with van der Waals surface area (Å²) in [6, 6.07) is 7.86. The van der Waals surface area contributed by atoms with E-state index in [0.717, 1.165) is 4.70 Å². The minimum atomic E-state index is -3.99. The number of rotatable bonds is 5. The maximum atomic E-state index is 13.3. The second kappa shape index (κ2) is 7.71. The summed E-state index contributed by atoms with van der Waals surface area (Å²) in [6.45, 7) is 0.954. The molecule has 1 aromatic carbocycles. The van der Waals surface area contributed by atoms with Gasteiger partial charge in [0.2, 0.25) is 14.9 Å². The number of carboxylic acids is 1. The van der Waals surface area contributed by atoms with Crippen molar-refractivity contribution in [2.24, 2.45) is 5.92 Å². The van der Waals surface area contributed by atoms with Crippen LogP contribution in [0.1, 0.15) is 12.8 Å². The maximum Gasteiger partial charge on any atom is 0.308 e. The van der Waals surface area contributed by atoms with Crippen LogP contribution in [-0.2, 0) is 14.6 Å². The number of nitrogens with zero attached hydrogens (tertiary/aromatic N) is 5. The van der Waals surface area contributed by atoms with Gasteiger partial charge in [0.1, 0.15) is 5.75 Å². The third-order valence-corrected chi connectivity index (χ3v) is 8.16. The van der Waals surface area contributed by atoms with Crippen molar-refractivity contribution in [3.8, 4) is 5.75 Å². The van der Waals surface area contributed by atoms with Gasteiger partial charge in [-0.2, -0.15) is 4.52 Å². The Hall–Kier alpha value is -3.25. The van der Waals surface area contributed by atoms with Crippen molar-refractivity contribution < 1.29 is 23.1 Å². The number of benzene rings is 1. The highest BCUT2D eigenvalue weighted by Gasteiger charge is 2.31. The number of sulfone groups is 1. The van der Waals surface area contributed by atoms with Crippen LogP contribution in [-0.4, -0.2) is 59.5 Å². The Balaban J connectivity index is 1.66. The number of carboxylic acid groups (broad SMARTS) is 1. The molecule has 1 fully saturated rings. The van der Waals surface area contributed by atoms with Crippen LogP contribution in [0, 0.1) is 5.92 Å². The molecule has 5 rings (SSSR count). The van der Waals surface area contributed by atoms with E-state index >= 15 is 0 Å². The second-order valence-corrected chi connectivity index (χ2v) is 10.3.